The molecule has 2 atom stereocenters. The van der Waals surface area contributed by atoms with E-state index in [1.807, 2.05) is 18.2 Å². The summed E-state index contributed by atoms with van der Waals surface area (Å²) in [6, 6.07) is 16.7. The molecule has 0 bridgehead atoms. The maximum absolute atomic E-state index is 6.34. The van der Waals surface area contributed by atoms with Crippen molar-refractivity contribution in [3.8, 4) is 5.75 Å². The SMILES string of the molecule is COc1ccc(CN2C[C@@H](N)[C@H](c3ccccc3)C2)cc1Cl. The van der Waals surface area contributed by atoms with Gasteiger partial charge in [-0.25, -0.2) is 0 Å². The van der Waals surface area contributed by atoms with E-state index in [2.05, 4.69) is 35.2 Å². The molecule has 0 saturated carbocycles. The number of rotatable bonds is 4. The van der Waals surface area contributed by atoms with Crippen molar-refractivity contribution in [2.75, 3.05) is 20.2 Å². The zero-order valence-electron chi connectivity index (χ0n) is 12.7. The molecule has 3 rings (SSSR count). The Balaban J connectivity index is 1.69. The van der Waals surface area contributed by atoms with Crippen LogP contribution in [0.4, 0.5) is 0 Å². The summed E-state index contributed by atoms with van der Waals surface area (Å²) in [5, 5.41) is 0.656. The van der Waals surface area contributed by atoms with E-state index in [1.165, 1.54) is 11.1 Å². The van der Waals surface area contributed by atoms with Crippen molar-refractivity contribution >= 4 is 11.6 Å². The Morgan fingerprint density at radius 2 is 1.95 bits per heavy atom. The van der Waals surface area contributed by atoms with Gasteiger partial charge < -0.3 is 10.5 Å². The number of ether oxygens (including phenoxy) is 1. The molecule has 0 radical (unpaired) electrons. The largest absolute Gasteiger partial charge is 0.495 e. The van der Waals surface area contributed by atoms with Crippen molar-refractivity contribution in [1.29, 1.82) is 0 Å². The van der Waals surface area contributed by atoms with Crippen molar-refractivity contribution in [3.63, 3.8) is 0 Å². The fraction of sp³-hybridized carbons (Fsp3) is 0.333. The Hall–Kier alpha value is -1.55. The summed E-state index contributed by atoms with van der Waals surface area (Å²) >= 11 is 6.20. The van der Waals surface area contributed by atoms with Gasteiger partial charge in [0.15, 0.2) is 0 Å². The second-order valence-corrected chi connectivity index (χ2v) is 6.25. The Labute approximate surface area is 136 Å². The number of nitrogens with two attached hydrogens (primary N) is 1. The monoisotopic (exact) mass is 316 g/mol. The van der Waals surface area contributed by atoms with E-state index in [1.54, 1.807) is 7.11 Å². The number of hydrogen-bond acceptors (Lipinski definition) is 3. The van der Waals surface area contributed by atoms with Crippen LogP contribution in [0.5, 0.6) is 5.75 Å². The maximum atomic E-state index is 6.34. The highest BCUT2D eigenvalue weighted by molar-refractivity contribution is 6.32. The van der Waals surface area contributed by atoms with Crippen molar-refractivity contribution in [2.45, 2.75) is 18.5 Å². The molecule has 0 spiro atoms. The van der Waals surface area contributed by atoms with Gasteiger partial charge in [0.25, 0.3) is 0 Å². The van der Waals surface area contributed by atoms with Gasteiger partial charge in [-0.15, -0.1) is 0 Å². The number of methoxy groups -OCH3 is 1. The third-order valence-electron chi connectivity index (χ3n) is 4.29. The van der Waals surface area contributed by atoms with Gasteiger partial charge in [-0.1, -0.05) is 48.0 Å². The first-order valence-corrected chi connectivity index (χ1v) is 7.90. The minimum Gasteiger partial charge on any atom is -0.495 e. The van der Waals surface area contributed by atoms with Gasteiger partial charge in [-0.3, -0.25) is 4.90 Å². The van der Waals surface area contributed by atoms with Crippen LogP contribution in [0.1, 0.15) is 17.0 Å². The maximum Gasteiger partial charge on any atom is 0.137 e. The van der Waals surface area contributed by atoms with Crippen LogP contribution in [0.25, 0.3) is 0 Å². The molecule has 0 unspecified atom stereocenters. The summed E-state index contributed by atoms with van der Waals surface area (Å²) in [5.41, 5.74) is 8.85. The van der Waals surface area contributed by atoms with Crippen LogP contribution in [-0.4, -0.2) is 31.1 Å². The average molecular weight is 317 g/mol. The van der Waals surface area contributed by atoms with Crippen LogP contribution in [-0.2, 0) is 6.54 Å². The van der Waals surface area contributed by atoms with Gasteiger partial charge in [0, 0.05) is 31.6 Å². The van der Waals surface area contributed by atoms with E-state index < -0.39 is 0 Å². The first-order chi connectivity index (χ1) is 10.7. The highest BCUT2D eigenvalue weighted by atomic mass is 35.5. The number of hydrogen-bond donors (Lipinski definition) is 1. The lowest BCUT2D eigenvalue weighted by Crippen LogP contribution is -2.28. The highest BCUT2D eigenvalue weighted by Crippen LogP contribution is 2.29. The van der Waals surface area contributed by atoms with Crippen LogP contribution in [0.2, 0.25) is 5.02 Å². The predicted octanol–water partition coefficient (Wildman–Crippen LogP) is 3.28. The Bertz CT molecular complexity index is 632. The summed E-state index contributed by atoms with van der Waals surface area (Å²) in [7, 11) is 1.63. The summed E-state index contributed by atoms with van der Waals surface area (Å²) in [4.78, 5) is 2.39. The fourth-order valence-electron chi connectivity index (χ4n) is 3.16. The molecule has 0 aliphatic carbocycles. The normalized spacial score (nSPS) is 22.0. The van der Waals surface area contributed by atoms with Crippen molar-refractivity contribution in [1.82, 2.24) is 4.90 Å². The third-order valence-corrected chi connectivity index (χ3v) is 4.59. The molecule has 1 fully saturated rings. The topological polar surface area (TPSA) is 38.5 Å². The standard InChI is InChI=1S/C18H21ClN2O/c1-22-18-8-7-13(9-16(18)19)10-21-11-15(17(20)12-21)14-5-3-2-4-6-14/h2-9,15,17H,10-12,20H2,1H3/t15-,17+/m0/s1. The summed E-state index contributed by atoms with van der Waals surface area (Å²) < 4.78 is 5.20. The Morgan fingerprint density at radius 1 is 1.18 bits per heavy atom. The molecule has 116 valence electrons. The summed E-state index contributed by atoms with van der Waals surface area (Å²) in [6.07, 6.45) is 0. The molecular formula is C18H21ClN2O. The lowest BCUT2D eigenvalue weighted by molar-refractivity contribution is 0.323. The van der Waals surface area contributed by atoms with Crippen molar-refractivity contribution in [3.05, 3.63) is 64.7 Å². The number of benzene rings is 2. The van der Waals surface area contributed by atoms with Gasteiger partial charge in [0.05, 0.1) is 12.1 Å². The molecule has 3 nitrogen and oxygen atoms in total. The van der Waals surface area contributed by atoms with Gasteiger partial charge in [0.1, 0.15) is 5.75 Å². The first-order valence-electron chi connectivity index (χ1n) is 7.52. The molecule has 4 heteroatoms. The van der Waals surface area contributed by atoms with Crippen LogP contribution in [0.3, 0.4) is 0 Å². The molecule has 2 aromatic carbocycles. The Morgan fingerprint density at radius 3 is 2.64 bits per heavy atom. The minimum atomic E-state index is 0.177. The van der Waals surface area contributed by atoms with Crippen LogP contribution in [0.15, 0.2) is 48.5 Å². The van der Waals surface area contributed by atoms with E-state index in [4.69, 9.17) is 22.1 Å². The molecule has 1 heterocycles. The molecule has 0 aromatic heterocycles. The lowest BCUT2D eigenvalue weighted by atomic mass is 9.95. The van der Waals surface area contributed by atoms with Crippen molar-refractivity contribution < 1.29 is 4.74 Å². The predicted molar refractivity (Wildman–Crippen MR) is 90.4 cm³/mol. The number of likely N-dealkylation sites (tertiary alicyclic amines) is 1. The smallest absolute Gasteiger partial charge is 0.137 e. The molecule has 1 aliphatic rings. The highest BCUT2D eigenvalue weighted by Gasteiger charge is 2.31. The first kappa shape index (κ1) is 15.3. The molecule has 2 aromatic rings. The fourth-order valence-corrected chi connectivity index (χ4v) is 3.44. The van der Waals surface area contributed by atoms with E-state index in [9.17, 15) is 0 Å². The van der Waals surface area contributed by atoms with Crippen LogP contribution < -0.4 is 10.5 Å². The number of halogens is 1. The third kappa shape index (κ3) is 3.27. The molecule has 1 saturated heterocycles. The van der Waals surface area contributed by atoms with Gasteiger partial charge in [-0.05, 0) is 23.3 Å². The molecule has 22 heavy (non-hydrogen) atoms. The van der Waals surface area contributed by atoms with Crippen LogP contribution >= 0.6 is 11.6 Å². The van der Waals surface area contributed by atoms with Gasteiger partial charge in [-0.2, -0.15) is 0 Å². The van der Waals surface area contributed by atoms with Gasteiger partial charge >= 0.3 is 0 Å². The molecule has 2 N–H and O–H groups in total. The molecule has 1 aliphatic heterocycles. The van der Waals surface area contributed by atoms with Gasteiger partial charge in [0.2, 0.25) is 0 Å². The minimum absolute atomic E-state index is 0.177. The second-order valence-electron chi connectivity index (χ2n) is 5.84. The Kier molecular flexibility index (Phi) is 4.67. The quantitative estimate of drug-likeness (QED) is 0.941. The lowest BCUT2D eigenvalue weighted by Gasteiger charge is -2.16. The zero-order valence-corrected chi connectivity index (χ0v) is 13.5. The second kappa shape index (κ2) is 6.69. The zero-order chi connectivity index (χ0) is 15.5. The number of nitrogens with zero attached hydrogens (tertiary/aromatic N) is 1. The van der Waals surface area contributed by atoms with E-state index in [0.717, 1.165) is 19.6 Å². The van der Waals surface area contributed by atoms with Crippen molar-refractivity contribution in [2.24, 2.45) is 5.73 Å². The van der Waals surface area contributed by atoms with Crippen LogP contribution in [0, 0.1) is 0 Å². The average Bonchev–Trinajstić information content (AvgIpc) is 2.89. The van der Waals surface area contributed by atoms with E-state index in [-0.39, 0.29) is 6.04 Å². The van der Waals surface area contributed by atoms with E-state index in [0.29, 0.717) is 16.7 Å². The van der Waals surface area contributed by atoms with E-state index >= 15 is 0 Å². The summed E-state index contributed by atoms with van der Waals surface area (Å²) in [5.74, 6) is 1.11. The molecule has 0 amide bonds. The molecular weight excluding hydrogens is 296 g/mol. The summed E-state index contributed by atoms with van der Waals surface area (Å²) in [6.45, 7) is 2.75.